The molecule has 0 bridgehead atoms. The molecule has 37 heavy (non-hydrogen) atoms. The van der Waals surface area contributed by atoms with Crippen molar-refractivity contribution in [2.45, 2.75) is 43.4 Å². The lowest BCUT2D eigenvalue weighted by Crippen LogP contribution is -2.43. The van der Waals surface area contributed by atoms with Crippen LogP contribution in [0.5, 0.6) is 0 Å². The van der Waals surface area contributed by atoms with Gasteiger partial charge in [0.1, 0.15) is 0 Å². The van der Waals surface area contributed by atoms with Crippen molar-refractivity contribution < 1.29 is 32.6 Å². The third-order valence-corrected chi connectivity index (χ3v) is 7.10. The number of benzene rings is 2. The maximum atomic E-state index is 13.1. The molecule has 1 amide bonds. The van der Waals surface area contributed by atoms with Crippen LogP contribution in [0.2, 0.25) is 0 Å². The summed E-state index contributed by atoms with van der Waals surface area (Å²) in [6.07, 6.45) is -2.51. The average Bonchev–Trinajstić information content (AvgIpc) is 3.14. The Kier molecular flexibility index (Phi) is 9.29. The summed E-state index contributed by atoms with van der Waals surface area (Å²) in [7, 11) is 1.68. The van der Waals surface area contributed by atoms with Crippen LogP contribution in [0.3, 0.4) is 0 Å². The second-order valence-corrected chi connectivity index (χ2v) is 9.20. The number of alkyl halides is 3. The van der Waals surface area contributed by atoms with Crippen molar-refractivity contribution in [2.24, 2.45) is 0 Å². The molecule has 7 nitrogen and oxygen atoms in total. The lowest BCUT2D eigenvalue weighted by atomic mass is 9.71. The fourth-order valence-electron chi connectivity index (χ4n) is 5.18. The molecular formula is C27H30F3N3O4. The molecule has 1 N–H and O–H groups in total. The van der Waals surface area contributed by atoms with Crippen LogP contribution in [-0.2, 0) is 26.3 Å². The number of carboxylic acid groups (broad SMARTS) is 1. The highest BCUT2D eigenvalue weighted by Crippen LogP contribution is 2.46. The summed E-state index contributed by atoms with van der Waals surface area (Å²) in [6, 6.07) is 20.9. The molecule has 0 aromatic heterocycles. The summed E-state index contributed by atoms with van der Waals surface area (Å²) in [4.78, 5) is 26.5. The number of carbonyl (C=O) groups excluding carboxylic acids is 1. The Morgan fingerprint density at radius 3 is 2.32 bits per heavy atom. The molecule has 2 aliphatic heterocycles. The Bertz CT molecular complexity index is 1100. The molecule has 0 aliphatic carbocycles. The molecule has 198 valence electrons. The topological polar surface area (TPSA) is 93.9 Å². The summed E-state index contributed by atoms with van der Waals surface area (Å²) < 4.78 is 37.0. The molecule has 0 radical (unpaired) electrons. The van der Waals surface area contributed by atoms with Crippen molar-refractivity contribution in [3.8, 4) is 6.07 Å². The third-order valence-electron chi connectivity index (χ3n) is 7.10. The van der Waals surface area contributed by atoms with Gasteiger partial charge in [0, 0.05) is 44.6 Å². The molecule has 2 heterocycles. The van der Waals surface area contributed by atoms with Gasteiger partial charge in [-0.1, -0.05) is 42.5 Å². The number of amides is 1. The number of likely N-dealkylation sites (tertiary alicyclic amines) is 2. The van der Waals surface area contributed by atoms with Gasteiger partial charge in [-0.15, -0.1) is 0 Å². The van der Waals surface area contributed by atoms with E-state index in [9.17, 15) is 18.0 Å². The maximum absolute atomic E-state index is 13.1. The van der Waals surface area contributed by atoms with Gasteiger partial charge in [0.05, 0.1) is 18.2 Å². The first-order chi connectivity index (χ1) is 17.6. The molecule has 2 atom stereocenters. The molecule has 0 unspecified atom stereocenters. The van der Waals surface area contributed by atoms with E-state index in [0.717, 1.165) is 32.5 Å². The highest BCUT2D eigenvalue weighted by atomic mass is 19.4. The van der Waals surface area contributed by atoms with Gasteiger partial charge in [-0.3, -0.25) is 9.69 Å². The Balaban J connectivity index is 0.000000479. The smallest absolute Gasteiger partial charge is 0.475 e. The first-order valence-corrected chi connectivity index (χ1v) is 12.0. The summed E-state index contributed by atoms with van der Waals surface area (Å²) in [6.45, 7) is 3.78. The Morgan fingerprint density at radius 1 is 1.14 bits per heavy atom. The summed E-state index contributed by atoms with van der Waals surface area (Å²) in [5.41, 5.74) is 3.20. The molecular weight excluding hydrogens is 487 g/mol. The lowest BCUT2D eigenvalue weighted by Gasteiger charge is -2.37. The SMILES string of the molecule is COCCN1CC[C@@]2(c3ccccc3)CCN(Cc3ccc(C#N)cc3)[C@@H]2CC1=O.O=C(O)C(F)(F)F. The number of fused-ring (bicyclic) bond motifs is 1. The quantitative estimate of drug-likeness (QED) is 0.623. The molecule has 2 fully saturated rings. The van der Waals surface area contributed by atoms with Crippen molar-refractivity contribution in [2.75, 3.05) is 33.4 Å². The number of nitriles is 1. The fourth-order valence-corrected chi connectivity index (χ4v) is 5.18. The van der Waals surface area contributed by atoms with Crippen LogP contribution in [0, 0.1) is 11.3 Å². The van der Waals surface area contributed by atoms with E-state index in [4.69, 9.17) is 19.9 Å². The van der Waals surface area contributed by atoms with Crippen molar-refractivity contribution >= 4 is 11.9 Å². The second kappa shape index (κ2) is 12.2. The fraction of sp³-hybridized carbons (Fsp3) is 0.444. The van der Waals surface area contributed by atoms with E-state index in [0.29, 0.717) is 25.1 Å². The van der Waals surface area contributed by atoms with E-state index >= 15 is 0 Å². The number of hydrogen-bond donors (Lipinski definition) is 1. The minimum absolute atomic E-state index is 0.00859. The molecule has 10 heteroatoms. The molecule has 0 saturated carbocycles. The lowest BCUT2D eigenvalue weighted by molar-refractivity contribution is -0.192. The van der Waals surface area contributed by atoms with Gasteiger partial charge in [0.15, 0.2) is 0 Å². The Labute approximate surface area is 214 Å². The van der Waals surface area contributed by atoms with E-state index in [1.165, 1.54) is 11.1 Å². The monoisotopic (exact) mass is 517 g/mol. The van der Waals surface area contributed by atoms with E-state index in [1.54, 1.807) is 7.11 Å². The van der Waals surface area contributed by atoms with Crippen LogP contribution in [0.1, 0.15) is 36.0 Å². The minimum atomic E-state index is -5.08. The third kappa shape index (κ3) is 6.87. The second-order valence-electron chi connectivity index (χ2n) is 9.20. The number of ether oxygens (including phenoxy) is 1. The standard InChI is InChI=1S/C25H29N3O2.C2HF3O2/c1-30-16-15-27-13-11-25(22-5-3-2-4-6-22)12-14-28(23(25)17-24(27)29)19-21-9-7-20(18-26)8-10-21;3-2(4,5)1(6)7/h2-10,23H,11-17,19H2,1H3;(H,6,7)/t23-,25+;/m1./s1. The number of hydrogen-bond acceptors (Lipinski definition) is 5. The predicted molar refractivity (Wildman–Crippen MR) is 129 cm³/mol. The van der Waals surface area contributed by atoms with Crippen LogP contribution in [0.4, 0.5) is 13.2 Å². The van der Waals surface area contributed by atoms with Gasteiger partial charge in [0.2, 0.25) is 5.91 Å². The Hall–Kier alpha value is -3.42. The van der Waals surface area contributed by atoms with Gasteiger partial charge in [0.25, 0.3) is 0 Å². The van der Waals surface area contributed by atoms with Crippen molar-refractivity contribution in [1.29, 1.82) is 5.26 Å². The van der Waals surface area contributed by atoms with Crippen LogP contribution < -0.4 is 0 Å². The molecule has 2 aliphatic rings. The number of aliphatic carboxylic acids is 1. The largest absolute Gasteiger partial charge is 0.490 e. The van der Waals surface area contributed by atoms with Crippen molar-refractivity contribution in [1.82, 2.24) is 9.80 Å². The average molecular weight is 518 g/mol. The van der Waals surface area contributed by atoms with Crippen LogP contribution in [0.25, 0.3) is 0 Å². The van der Waals surface area contributed by atoms with Crippen molar-refractivity contribution in [3.05, 3.63) is 71.3 Å². The number of halogens is 3. The number of methoxy groups -OCH3 is 1. The van der Waals surface area contributed by atoms with Crippen LogP contribution in [0.15, 0.2) is 54.6 Å². The molecule has 2 aromatic carbocycles. The summed E-state index contributed by atoms with van der Waals surface area (Å²) in [5, 5.41) is 16.2. The van der Waals surface area contributed by atoms with E-state index in [-0.39, 0.29) is 17.4 Å². The maximum Gasteiger partial charge on any atom is 0.490 e. The van der Waals surface area contributed by atoms with E-state index < -0.39 is 12.1 Å². The predicted octanol–water partition coefficient (Wildman–Crippen LogP) is 3.97. The van der Waals surface area contributed by atoms with Gasteiger partial charge >= 0.3 is 12.1 Å². The molecule has 2 aromatic rings. The number of carbonyl (C=O) groups is 2. The zero-order valence-corrected chi connectivity index (χ0v) is 20.6. The molecule has 4 rings (SSSR count). The zero-order valence-electron chi connectivity index (χ0n) is 20.6. The van der Waals surface area contributed by atoms with E-state index in [2.05, 4.69) is 41.3 Å². The van der Waals surface area contributed by atoms with Crippen LogP contribution >= 0.6 is 0 Å². The zero-order chi connectivity index (χ0) is 27.1. The minimum Gasteiger partial charge on any atom is -0.475 e. The highest BCUT2D eigenvalue weighted by Gasteiger charge is 2.50. The van der Waals surface area contributed by atoms with Gasteiger partial charge in [-0.2, -0.15) is 18.4 Å². The number of carboxylic acids is 1. The normalized spacial score (nSPS) is 21.9. The van der Waals surface area contributed by atoms with Crippen molar-refractivity contribution in [3.63, 3.8) is 0 Å². The Morgan fingerprint density at radius 2 is 1.76 bits per heavy atom. The van der Waals surface area contributed by atoms with E-state index in [1.807, 2.05) is 29.2 Å². The number of nitrogens with zero attached hydrogens (tertiary/aromatic N) is 3. The molecule has 0 spiro atoms. The van der Waals surface area contributed by atoms with Gasteiger partial charge < -0.3 is 14.7 Å². The van der Waals surface area contributed by atoms with Crippen LogP contribution in [-0.4, -0.2) is 72.4 Å². The van der Waals surface area contributed by atoms with Gasteiger partial charge in [-0.05, 0) is 42.6 Å². The first-order valence-electron chi connectivity index (χ1n) is 12.0. The highest BCUT2D eigenvalue weighted by molar-refractivity contribution is 5.78. The summed E-state index contributed by atoms with van der Waals surface area (Å²) >= 11 is 0. The van der Waals surface area contributed by atoms with Gasteiger partial charge in [-0.25, -0.2) is 4.79 Å². The first kappa shape index (κ1) is 28.2. The molecule has 2 saturated heterocycles. The number of rotatable bonds is 6. The summed E-state index contributed by atoms with van der Waals surface area (Å²) in [5.74, 6) is -2.53.